The molecule has 0 radical (unpaired) electrons. The highest BCUT2D eigenvalue weighted by molar-refractivity contribution is 6.26. The maximum absolute atomic E-state index is 12.9. The third kappa shape index (κ3) is 9.79. The second-order valence-corrected chi connectivity index (χ2v) is 8.88. The second kappa shape index (κ2) is 15.8. The Labute approximate surface area is 235 Å². The van der Waals surface area contributed by atoms with E-state index in [1.807, 2.05) is 12.1 Å². The van der Waals surface area contributed by atoms with Crippen molar-refractivity contribution in [1.82, 2.24) is 5.32 Å². The molecule has 2 aromatic rings. The lowest BCUT2D eigenvalue weighted by Crippen LogP contribution is -2.57. The number of carbonyl (C=O) groups excluding carboxylic acids is 4. The molecule has 1 saturated heterocycles. The van der Waals surface area contributed by atoms with Gasteiger partial charge in [0, 0.05) is 6.92 Å². The monoisotopic (exact) mass is 579 g/mol. The summed E-state index contributed by atoms with van der Waals surface area (Å²) >= 11 is 5.47. The van der Waals surface area contributed by atoms with Crippen LogP contribution >= 0.6 is 11.6 Å². The van der Waals surface area contributed by atoms with E-state index in [1.54, 1.807) is 48.5 Å². The Bertz CT molecular complexity index is 1120. The van der Waals surface area contributed by atoms with Crippen LogP contribution in [0.15, 0.2) is 60.7 Å². The summed E-state index contributed by atoms with van der Waals surface area (Å²) in [5.74, 6) is -2.85. The normalized spacial score (nSPS) is 21.0. The van der Waals surface area contributed by atoms with E-state index in [9.17, 15) is 24.3 Å². The van der Waals surface area contributed by atoms with E-state index >= 15 is 0 Å². The van der Waals surface area contributed by atoms with E-state index in [0.29, 0.717) is 0 Å². The number of hydrogen-bond acceptors (Lipinski definition) is 11. The van der Waals surface area contributed by atoms with Gasteiger partial charge in [-0.1, -0.05) is 60.7 Å². The summed E-state index contributed by atoms with van der Waals surface area (Å²) in [6.45, 7) is 0.187. The van der Waals surface area contributed by atoms with Gasteiger partial charge in [0.2, 0.25) is 0 Å². The molecule has 5 atom stereocenters. The molecule has 0 aliphatic carbocycles. The molecule has 13 heteroatoms. The van der Waals surface area contributed by atoms with Gasteiger partial charge in [0.05, 0.1) is 13.2 Å². The number of hydrogen-bond donors (Lipinski definition) is 2. The number of alkyl carbamates (subject to hydrolysis) is 1. The number of esters is 3. The van der Waals surface area contributed by atoms with Gasteiger partial charge in [-0.05, 0) is 11.1 Å². The van der Waals surface area contributed by atoms with Crippen LogP contribution in [0, 0.1) is 0 Å². The number of rotatable bonds is 12. The number of aliphatic hydroxyl groups is 1. The first kappa shape index (κ1) is 30.8. The van der Waals surface area contributed by atoms with Gasteiger partial charge in [-0.3, -0.25) is 9.59 Å². The van der Waals surface area contributed by atoms with E-state index in [1.165, 1.54) is 0 Å². The zero-order valence-corrected chi connectivity index (χ0v) is 22.4. The van der Waals surface area contributed by atoms with Crippen molar-refractivity contribution in [3.8, 4) is 0 Å². The van der Waals surface area contributed by atoms with Gasteiger partial charge in [-0.25, -0.2) is 9.59 Å². The van der Waals surface area contributed by atoms with Crippen molar-refractivity contribution >= 4 is 35.6 Å². The Morgan fingerprint density at radius 3 is 2.15 bits per heavy atom. The Morgan fingerprint density at radius 2 is 1.57 bits per heavy atom. The third-order valence-electron chi connectivity index (χ3n) is 5.54. The number of ether oxygens (including phenoxy) is 6. The first-order chi connectivity index (χ1) is 19.3. The molecule has 0 bridgehead atoms. The first-order valence-electron chi connectivity index (χ1n) is 12.3. The predicted octanol–water partition coefficient (Wildman–Crippen LogP) is 1.84. The van der Waals surface area contributed by atoms with Gasteiger partial charge in [0.1, 0.15) is 25.2 Å². The van der Waals surface area contributed by atoms with Crippen molar-refractivity contribution in [2.24, 2.45) is 0 Å². The topological polar surface area (TPSA) is 156 Å². The molecule has 40 heavy (non-hydrogen) atoms. The van der Waals surface area contributed by atoms with Crippen LogP contribution in [0.25, 0.3) is 0 Å². The van der Waals surface area contributed by atoms with E-state index in [2.05, 4.69) is 5.32 Å². The van der Waals surface area contributed by atoms with E-state index in [0.717, 1.165) is 18.1 Å². The zero-order valence-electron chi connectivity index (χ0n) is 21.6. The summed E-state index contributed by atoms with van der Waals surface area (Å²) in [5, 5.41) is 13.1. The molecule has 0 unspecified atom stereocenters. The average Bonchev–Trinajstić information content (AvgIpc) is 2.96. The molecule has 12 nitrogen and oxygen atoms in total. The third-order valence-corrected chi connectivity index (χ3v) is 5.76. The molecule has 2 N–H and O–H groups in total. The zero-order chi connectivity index (χ0) is 28.9. The van der Waals surface area contributed by atoms with Crippen molar-refractivity contribution in [3.05, 3.63) is 71.8 Å². The number of alkyl halides is 1. The van der Waals surface area contributed by atoms with Gasteiger partial charge in [-0.2, -0.15) is 0 Å². The maximum atomic E-state index is 12.9. The Kier molecular flexibility index (Phi) is 12.2. The fourth-order valence-electron chi connectivity index (χ4n) is 3.64. The van der Waals surface area contributed by atoms with Gasteiger partial charge >= 0.3 is 24.0 Å². The molecular formula is C27H30ClNO11. The summed E-state index contributed by atoms with van der Waals surface area (Å²) in [7, 11) is 0. The number of halogens is 1. The molecule has 0 spiro atoms. The van der Waals surface area contributed by atoms with Gasteiger partial charge < -0.3 is 38.8 Å². The molecule has 0 saturated carbocycles. The molecule has 1 amide bonds. The van der Waals surface area contributed by atoms with Crippen LogP contribution in [0.5, 0.6) is 0 Å². The number of nitrogens with one attached hydrogen (secondary N) is 1. The van der Waals surface area contributed by atoms with E-state index in [-0.39, 0.29) is 19.8 Å². The molecular weight excluding hydrogens is 550 g/mol. The minimum atomic E-state index is -1.61. The molecule has 1 heterocycles. The van der Waals surface area contributed by atoms with Crippen molar-refractivity contribution in [2.75, 3.05) is 19.1 Å². The lowest BCUT2D eigenvalue weighted by atomic mass is 10.0. The SMILES string of the molecule is CC(=O)O[C@@H]1[C@@H](O)[C@H](OC[C@H](NC(=O)OCc2ccccc2)C(=O)OCc2ccccc2)OC[C@H]1OC(=O)CCl. The van der Waals surface area contributed by atoms with Crippen molar-refractivity contribution in [3.63, 3.8) is 0 Å². The van der Waals surface area contributed by atoms with Crippen LogP contribution < -0.4 is 5.32 Å². The van der Waals surface area contributed by atoms with Gasteiger partial charge in [0.15, 0.2) is 24.5 Å². The molecule has 1 aliphatic rings. The smallest absolute Gasteiger partial charge is 0.408 e. The number of amides is 1. The fraction of sp³-hybridized carbons (Fsp3) is 0.407. The molecule has 3 rings (SSSR count). The molecule has 1 fully saturated rings. The number of benzene rings is 2. The van der Waals surface area contributed by atoms with Crippen LogP contribution in [0.2, 0.25) is 0 Å². The quantitative estimate of drug-likeness (QED) is 0.215. The first-order valence-corrected chi connectivity index (χ1v) is 12.8. The van der Waals surface area contributed by atoms with Crippen molar-refractivity contribution < 1.29 is 52.7 Å². The largest absolute Gasteiger partial charge is 0.459 e. The van der Waals surface area contributed by atoms with E-state index < -0.39 is 67.1 Å². The highest BCUT2D eigenvalue weighted by Gasteiger charge is 2.45. The highest BCUT2D eigenvalue weighted by atomic mass is 35.5. The fourth-order valence-corrected chi connectivity index (χ4v) is 3.70. The summed E-state index contributed by atoms with van der Waals surface area (Å²) < 4.78 is 31.8. The van der Waals surface area contributed by atoms with Crippen LogP contribution in [0.1, 0.15) is 18.1 Å². The Morgan fingerprint density at radius 1 is 0.975 bits per heavy atom. The van der Waals surface area contributed by atoms with Crippen molar-refractivity contribution in [1.29, 1.82) is 0 Å². The van der Waals surface area contributed by atoms with Crippen LogP contribution in [0.4, 0.5) is 4.79 Å². The van der Waals surface area contributed by atoms with E-state index in [4.69, 9.17) is 40.0 Å². The standard InChI is InChI=1S/C27H30ClNO11/c1-17(30)39-24-21(40-22(31)12-28)16-37-26(23(24)32)36-15-20(25(33)35-13-18-8-4-2-5-9-18)29-27(34)38-14-19-10-6-3-7-11-19/h2-11,20-21,23-24,26,32H,12-16H2,1H3,(H,29,34)/t20-,21+,23+,24-,26+/m0/s1. The average molecular weight is 580 g/mol. The van der Waals surface area contributed by atoms with Crippen molar-refractivity contribution in [2.45, 2.75) is 50.8 Å². The lowest BCUT2D eigenvalue weighted by Gasteiger charge is -2.38. The maximum Gasteiger partial charge on any atom is 0.408 e. The Hall–Kier alpha value is -3.71. The second-order valence-electron chi connectivity index (χ2n) is 8.61. The Balaban J connectivity index is 1.64. The molecule has 216 valence electrons. The summed E-state index contributed by atoms with van der Waals surface area (Å²) in [6, 6.07) is 16.4. The minimum Gasteiger partial charge on any atom is -0.459 e. The molecule has 2 aromatic carbocycles. The molecule has 1 aliphatic heterocycles. The highest BCUT2D eigenvalue weighted by Crippen LogP contribution is 2.23. The van der Waals surface area contributed by atoms with Crippen LogP contribution in [0.3, 0.4) is 0 Å². The number of aliphatic hydroxyl groups excluding tert-OH is 1. The number of carbonyl (C=O) groups is 4. The van der Waals surface area contributed by atoms with Crippen LogP contribution in [-0.2, 0) is 56.0 Å². The summed E-state index contributed by atoms with van der Waals surface area (Å²) in [5.41, 5.74) is 1.45. The van der Waals surface area contributed by atoms with Crippen LogP contribution in [-0.4, -0.2) is 78.8 Å². The lowest BCUT2D eigenvalue weighted by molar-refractivity contribution is -0.277. The molecule has 0 aromatic heterocycles. The predicted molar refractivity (Wildman–Crippen MR) is 138 cm³/mol. The van der Waals surface area contributed by atoms with Gasteiger partial charge in [0.25, 0.3) is 0 Å². The van der Waals surface area contributed by atoms with Gasteiger partial charge in [-0.15, -0.1) is 11.6 Å². The minimum absolute atomic E-state index is 0.0454. The summed E-state index contributed by atoms with van der Waals surface area (Å²) in [6.07, 6.45) is -6.43. The summed E-state index contributed by atoms with van der Waals surface area (Å²) in [4.78, 5) is 48.6.